The lowest BCUT2D eigenvalue weighted by Gasteiger charge is -2.32. The Kier molecular flexibility index (Phi) is 11.2. The van der Waals surface area contributed by atoms with Crippen molar-refractivity contribution in [1.29, 1.82) is 0 Å². The van der Waals surface area contributed by atoms with Crippen molar-refractivity contribution in [3.8, 4) is 11.5 Å². The third-order valence-corrected chi connectivity index (χ3v) is 8.85. The molecule has 226 valence electrons. The lowest BCUT2D eigenvalue weighted by molar-refractivity contribution is -0.139. The van der Waals surface area contributed by atoms with Gasteiger partial charge in [0.05, 0.1) is 24.8 Å². The molecule has 0 aliphatic heterocycles. The highest BCUT2D eigenvalue weighted by molar-refractivity contribution is 7.92. The van der Waals surface area contributed by atoms with Gasteiger partial charge in [0.1, 0.15) is 12.6 Å². The summed E-state index contributed by atoms with van der Waals surface area (Å²) in [6, 6.07) is 17.1. The fourth-order valence-corrected chi connectivity index (χ4v) is 5.79. The van der Waals surface area contributed by atoms with Crippen LogP contribution < -0.4 is 19.1 Å². The van der Waals surface area contributed by atoms with E-state index in [2.05, 4.69) is 5.32 Å². The highest BCUT2D eigenvalue weighted by Crippen LogP contribution is 2.34. The van der Waals surface area contributed by atoms with Crippen LogP contribution in [0.3, 0.4) is 0 Å². The Hall–Kier alpha value is -3.76. The number of carbonyl (C=O) groups is 2. The molecule has 0 aliphatic rings. The van der Waals surface area contributed by atoms with Gasteiger partial charge in [-0.2, -0.15) is 0 Å². The summed E-state index contributed by atoms with van der Waals surface area (Å²) >= 11 is 6.42. The van der Waals surface area contributed by atoms with Crippen molar-refractivity contribution >= 4 is 39.1 Å². The molecule has 0 aliphatic carbocycles. The highest BCUT2D eigenvalue weighted by atomic mass is 35.5. The van der Waals surface area contributed by atoms with Crippen LogP contribution in [-0.4, -0.2) is 58.5 Å². The lowest BCUT2D eigenvalue weighted by Crippen LogP contribution is -2.51. The highest BCUT2D eigenvalue weighted by Gasteiger charge is 2.33. The number of rotatable bonds is 13. The minimum absolute atomic E-state index is 0.000868. The van der Waals surface area contributed by atoms with Crippen molar-refractivity contribution in [2.24, 2.45) is 5.92 Å². The second kappa shape index (κ2) is 14.4. The molecule has 0 radical (unpaired) electrons. The maximum Gasteiger partial charge on any atom is 0.264 e. The van der Waals surface area contributed by atoms with E-state index in [9.17, 15) is 18.0 Å². The first-order valence-electron chi connectivity index (χ1n) is 13.5. The Bertz CT molecular complexity index is 1490. The van der Waals surface area contributed by atoms with Gasteiger partial charge in [-0.15, -0.1) is 0 Å². The number of halogens is 1. The number of hydrogen-bond acceptors (Lipinski definition) is 6. The van der Waals surface area contributed by atoms with E-state index in [1.165, 1.54) is 43.4 Å². The maximum atomic E-state index is 14.1. The number of methoxy groups -OCH3 is 2. The van der Waals surface area contributed by atoms with Crippen LogP contribution >= 0.6 is 11.6 Å². The Morgan fingerprint density at radius 2 is 1.57 bits per heavy atom. The number of ether oxygens (including phenoxy) is 2. The van der Waals surface area contributed by atoms with Gasteiger partial charge in [0.2, 0.25) is 11.8 Å². The van der Waals surface area contributed by atoms with Crippen LogP contribution in [-0.2, 0) is 26.2 Å². The topological polar surface area (TPSA) is 105 Å². The minimum Gasteiger partial charge on any atom is -0.493 e. The largest absolute Gasteiger partial charge is 0.493 e. The van der Waals surface area contributed by atoms with E-state index < -0.39 is 28.5 Å². The smallest absolute Gasteiger partial charge is 0.264 e. The summed E-state index contributed by atoms with van der Waals surface area (Å²) in [4.78, 5) is 28.6. The SMILES string of the molecule is COc1ccc(N(CC(=O)N(Cc2ccccc2Cl)C(C)C(=O)NCC(C)C)S(=O)(=O)c2ccc(C)cc2)cc1OC. The van der Waals surface area contributed by atoms with E-state index in [1.807, 2.05) is 20.8 Å². The molecule has 11 heteroatoms. The monoisotopic (exact) mass is 615 g/mol. The summed E-state index contributed by atoms with van der Waals surface area (Å²) in [5.41, 5.74) is 1.70. The number of benzene rings is 3. The first-order chi connectivity index (χ1) is 19.9. The van der Waals surface area contributed by atoms with Gasteiger partial charge >= 0.3 is 0 Å². The molecule has 0 saturated carbocycles. The average molecular weight is 616 g/mol. The van der Waals surface area contributed by atoms with Crippen LogP contribution in [0.15, 0.2) is 71.6 Å². The van der Waals surface area contributed by atoms with Gasteiger partial charge in [0.15, 0.2) is 11.5 Å². The molecule has 0 aromatic heterocycles. The predicted octanol–water partition coefficient (Wildman–Crippen LogP) is 5.05. The van der Waals surface area contributed by atoms with Crippen molar-refractivity contribution in [3.05, 3.63) is 82.9 Å². The van der Waals surface area contributed by atoms with Crippen molar-refractivity contribution in [3.63, 3.8) is 0 Å². The number of hydrogen-bond donors (Lipinski definition) is 1. The fraction of sp³-hybridized carbons (Fsp3) is 0.355. The maximum absolute atomic E-state index is 14.1. The number of sulfonamides is 1. The molecule has 3 rings (SSSR count). The summed E-state index contributed by atoms with van der Waals surface area (Å²) in [6.45, 7) is 7.24. The minimum atomic E-state index is -4.23. The van der Waals surface area contributed by atoms with Crippen LogP contribution in [0.4, 0.5) is 5.69 Å². The molecule has 0 bridgehead atoms. The quantitative estimate of drug-likeness (QED) is 0.289. The normalized spacial score (nSPS) is 12.0. The first kappa shape index (κ1) is 32.8. The molecule has 1 atom stereocenters. The summed E-state index contributed by atoms with van der Waals surface area (Å²) < 4.78 is 39.8. The van der Waals surface area contributed by atoms with Gasteiger partial charge in [0, 0.05) is 24.2 Å². The van der Waals surface area contributed by atoms with Crippen molar-refractivity contribution in [2.45, 2.75) is 45.2 Å². The molecular weight excluding hydrogens is 578 g/mol. The zero-order valence-corrected chi connectivity index (χ0v) is 26.3. The number of amides is 2. The van der Waals surface area contributed by atoms with Crippen molar-refractivity contribution < 1.29 is 27.5 Å². The van der Waals surface area contributed by atoms with Crippen LogP contribution in [0.2, 0.25) is 5.02 Å². The molecular formula is C31H38ClN3O6S. The molecule has 0 spiro atoms. The number of nitrogens with one attached hydrogen (secondary N) is 1. The Morgan fingerprint density at radius 1 is 0.929 bits per heavy atom. The summed E-state index contributed by atoms with van der Waals surface area (Å²) in [6.07, 6.45) is 0. The second-order valence-corrected chi connectivity index (χ2v) is 12.6. The van der Waals surface area contributed by atoms with Gasteiger partial charge in [-0.25, -0.2) is 8.42 Å². The first-order valence-corrected chi connectivity index (χ1v) is 15.3. The number of aryl methyl sites for hydroxylation is 1. The summed E-state index contributed by atoms with van der Waals surface area (Å²) in [7, 11) is -1.32. The van der Waals surface area contributed by atoms with Crippen molar-refractivity contribution in [2.75, 3.05) is 31.6 Å². The van der Waals surface area contributed by atoms with E-state index in [-0.39, 0.29) is 29.0 Å². The standard InChI is InChI=1S/C31H38ClN3O6S/c1-21(2)18-33-31(37)23(4)34(19-24-9-7-8-10-27(24)32)30(36)20-35(25-13-16-28(40-5)29(17-25)41-6)42(38,39)26-14-11-22(3)12-15-26/h7-17,21,23H,18-20H2,1-6H3,(H,33,37). The molecule has 42 heavy (non-hydrogen) atoms. The predicted molar refractivity (Wildman–Crippen MR) is 165 cm³/mol. The van der Waals surface area contributed by atoms with E-state index in [0.29, 0.717) is 28.6 Å². The molecule has 0 fully saturated rings. The Morgan fingerprint density at radius 3 is 2.17 bits per heavy atom. The van der Waals surface area contributed by atoms with Gasteiger partial charge < -0.3 is 19.7 Å². The summed E-state index contributed by atoms with van der Waals surface area (Å²) in [5, 5.41) is 3.29. The molecule has 1 N–H and O–H groups in total. The zero-order chi connectivity index (χ0) is 31.0. The Balaban J connectivity index is 2.08. The molecule has 1 unspecified atom stereocenters. The second-order valence-electron chi connectivity index (χ2n) is 10.3. The van der Waals surface area contributed by atoms with Crippen LogP contribution in [0.25, 0.3) is 0 Å². The van der Waals surface area contributed by atoms with Crippen molar-refractivity contribution in [1.82, 2.24) is 10.2 Å². The Labute approximate surface area is 253 Å². The third kappa shape index (κ3) is 7.95. The van der Waals surface area contributed by atoms with E-state index in [0.717, 1.165) is 9.87 Å². The van der Waals surface area contributed by atoms with E-state index >= 15 is 0 Å². The van der Waals surface area contributed by atoms with Crippen LogP contribution in [0.1, 0.15) is 31.9 Å². The molecule has 0 heterocycles. The van der Waals surface area contributed by atoms with Gasteiger partial charge in [-0.1, -0.05) is 61.3 Å². The molecule has 2 amide bonds. The number of nitrogens with zero attached hydrogens (tertiary/aromatic N) is 2. The van der Waals surface area contributed by atoms with Crippen LogP contribution in [0.5, 0.6) is 11.5 Å². The third-order valence-electron chi connectivity index (χ3n) is 6.69. The van der Waals surface area contributed by atoms with Crippen LogP contribution in [0, 0.1) is 12.8 Å². The van der Waals surface area contributed by atoms with E-state index in [1.54, 1.807) is 49.4 Å². The number of anilines is 1. The van der Waals surface area contributed by atoms with E-state index in [4.69, 9.17) is 21.1 Å². The summed E-state index contributed by atoms with van der Waals surface area (Å²) in [5.74, 6) is -0.0539. The molecule has 9 nitrogen and oxygen atoms in total. The zero-order valence-electron chi connectivity index (χ0n) is 24.8. The number of carbonyl (C=O) groups excluding carboxylic acids is 2. The molecule has 3 aromatic carbocycles. The fourth-order valence-electron chi connectivity index (χ4n) is 4.19. The van der Waals surface area contributed by atoms with Gasteiger partial charge in [-0.05, 0) is 55.7 Å². The van der Waals surface area contributed by atoms with Gasteiger partial charge in [0.25, 0.3) is 10.0 Å². The molecule has 3 aromatic rings. The average Bonchev–Trinajstić information content (AvgIpc) is 2.97. The molecule has 0 saturated heterocycles. The lowest BCUT2D eigenvalue weighted by atomic mass is 10.1. The van der Waals surface area contributed by atoms with Gasteiger partial charge in [-0.3, -0.25) is 13.9 Å².